The van der Waals surface area contributed by atoms with E-state index in [0.717, 1.165) is 0 Å². The number of para-hydroxylation sites is 1. The average Bonchev–Trinajstić information content (AvgIpc) is 2.76. The van der Waals surface area contributed by atoms with E-state index in [1.54, 1.807) is 37.3 Å². The summed E-state index contributed by atoms with van der Waals surface area (Å²) in [4.78, 5) is 28.3. The fourth-order valence-electron chi connectivity index (χ4n) is 2.52. The molecule has 1 aromatic heterocycles. The molecule has 0 unspecified atom stereocenters. The second kappa shape index (κ2) is 9.99. The Labute approximate surface area is 194 Å². The molecule has 8 nitrogen and oxygen atoms in total. The number of hydrogen-bond acceptors (Lipinski definition) is 6. The van der Waals surface area contributed by atoms with Gasteiger partial charge in [0.05, 0.1) is 26.2 Å². The van der Waals surface area contributed by atoms with E-state index in [1.807, 2.05) is 0 Å². The number of carbonyl (C=O) groups excluding carboxylic acids is 2. The molecule has 166 valence electrons. The first-order valence-corrected chi connectivity index (χ1v) is 11.4. The highest BCUT2D eigenvalue weighted by atomic mass is 35.5. The highest BCUT2D eigenvalue weighted by molar-refractivity contribution is 7.92. The lowest BCUT2D eigenvalue weighted by atomic mass is 10.2. The molecule has 0 aliphatic carbocycles. The quantitative estimate of drug-likeness (QED) is 0.474. The zero-order valence-electron chi connectivity index (χ0n) is 16.6. The number of nitrogens with one attached hydrogen (secondary N) is 2. The largest absolute Gasteiger partial charge is 0.452 e. The van der Waals surface area contributed by atoms with Crippen LogP contribution in [0, 0.1) is 6.92 Å². The second-order valence-electron chi connectivity index (χ2n) is 6.51. The molecule has 3 aromatic rings. The Kier molecular flexibility index (Phi) is 7.34. The van der Waals surface area contributed by atoms with E-state index >= 15 is 0 Å². The molecule has 1 amide bonds. The highest BCUT2D eigenvalue weighted by Crippen LogP contribution is 2.25. The number of anilines is 2. The number of ether oxygens (including phenoxy) is 1. The van der Waals surface area contributed by atoms with Crippen LogP contribution in [-0.4, -0.2) is 31.9 Å². The molecule has 2 aromatic carbocycles. The van der Waals surface area contributed by atoms with Gasteiger partial charge in [0.15, 0.2) is 12.4 Å². The van der Waals surface area contributed by atoms with E-state index < -0.39 is 28.5 Å². The van der Waals surface area contributed by atoms with Gasteiger partial charge in [-0.15, -0.1) is 0 Å². The van der Waals surface area contributed by atoms with Crippen LogP contribution in [-0.2, 0) is 19.6 Å². The monoisotopic (exact) mass is 493 g/mol. The van der Waals surface area contributed by atoms with Gasteiger partial charge < -0.3 is 10.1 Å². The van der Waals surface area contributed by atoms with Crippen LogP contribution in [0.1, 0.15) is 16.1 Å². The number of pyridine rings is 1. The predicted octanol–water partition coefficient (Wildman–Crippen LogP) is 4.29. The van der Waals surface area contributed by atoms with E-state index in [1.165, 1.54) is 30.3 Å². The molecular formula is C21H17Cl2N3O5S. The fraction of sp³-hybridized carbons (Fsp3) is 0.0952. The van der Waals surface area contributed by atoms with Gasteiger partial charge >= 0.3 is 5.97 Å². The average molecular weight is 494 g/mol. The zero-order chi connectivity index (χ0) is 23.3. The first-order chi connectivity index (χ1) is 15.2. The number of halogens is 2. The van der Waals surface area contributed by atoms with Gasteiger partial charge in [-0.2, -0.15) is 0 Å². The standard InChI is InChI=1S/C21H17Cl2N3O5S/c1-13-17(22)11-18(23)20(24-13)25-19(27)12-31-21(28)14-7-9-16(10-8-14)32(29,30)26-15-5-3-2-4-6-15/h2-11,26H,12H2,1H3,(H,24,25,27). The van der Waals surface area contributed by atoms with Crippen molar-refractivity contribution in [2.24, 2.45) is 0 Å². The third-order valence-electron chi connectivity index (χ3n) is 4.12. The SMILES string of the molecule is Cc1nc(NC(=O)COC(=O)c2ccc(S(=O)(=O)Nc3ccccc3)cc2)c(Cl)cc1Cl. The van der Waals surface area contributed by atoms with E-state index in [2.05, 4.69) is 15.0 Å². The second-order valence-corrected chi connectivity index (χ2v) is 9.00. The molecule has 32 heavy (non-hydrogen) atoms. The van der Waals surface area contributed by atoms with Crippen LogP contribution in [0.25, 0.3) is 0 Å². The van der Waals surface area contributed by atoms with Crippen molar-refractivity contribution in [3.8, 4) is 0 Å². The van der Waals surface area contributed by atoms with Gasteiger partial charge in [0.25, 0.3) is 15.9 Å². The predicted molar refractivity (Wildman–Crippen MR) is 122 cm³/mol. The first kappa shape index (κ1) is 23.5. The van der Waals surface area contributed by atoms with Crippen LogP contribution < -0.4 is 10.0 Å². The molecule has 0 saturated carbocycles. The number of sulfonamides is 1. The molecular weight excluding hydrogens is 477 g/mol. The molecule has 0 spiro atoms. The molecule has 1 heterocycles. The fourth-order valence-corrected chi connectivity index (χ4v) is 3.98. The number of aryl methyl sites for hydroxylation is 1. The third-order valence-corrected chi connectivity index (χ3v) is 6.19. The first-order valence-electron chi connectivity index (χ1n) is 9.13. The molecule has 0 aliphatic heterocycles. The number of aromatic nitrogens is 1. The zero-order valence-corrected chi connectivity index (χ0v) is 19.0. The van der Waals surface area contributed by atoms with Crippen molar-refractivity contribution in [3.05, 3.63) is 82.0 Å². The van der Waals surface area contributed by atoms with Gasteiger partial charge in [0.1, 0.15) is 0 Å². The summed E-state index contributed by atoms with van der Waals surface area (Å²) in [6.45, 7) is 1.06. The lowest BCUT2D eigenvalue weighted by molar-refractivity contribution is -0.119. The number of rotatable bonds is 7. The van der Waals surface area contributed by atoms with E-state index in [4.69, 9.17) is 27.9 Å². The van der Waals surface area contributed by atoms with Crippen molar-refractivity contribution in [2.45, 2.75) is 11.8 Å². The van der Waals surface area contributed by atoms with E-state index in [9.17, 15) is 18.0 Å². The molecule has 0 fully saturated rings. The molecule has 0 aliphatic rings. The lowest BCUT2D eigenvalue weighted by Gasteiger charge is -2.10. The minimum absolute atomic E-state index is 0.0329. The summed E-state index contributed by atoms with van der Waals surface area (Å²) in [5.41, 5.74) is 0.961. The number of amides is 1. The smallest absolute Gasteiger partial charge is 0.338 e. The Bertz CT molecular complexity index is 1250. The minimum Gasteiger partial charge on any atom is -0.452 e. The van der Waals surface area contributed by atoms with E-state index in [0.29, 0.717) is 16.4 Å². The summed E-state index contributed by atoms with van der Waals surface area (Å²) < 4.78 is 32.3. The number of carbonyl (C=O) groups is 2. The summed E-state index contributed by atoms with van der Waals surface area (Å²) in [7, 11) is -3.82. The maximum atomic E-state index is 12.4. The number of nitrogens with zero attached hydrogens (tertiary/aromatic N) is 1. The Morgan fingerprint density at radius 1 is 1.00 bits per heavy atom. The summed E-state index contributed by atoms with van der Waals surface area (Å²) in [5.74, 6) is -1.36. The van der Waals surface area contributed by atoms with Gasteiger partial charge in [0, 0.05) is 5.69 Å². The Balaban J connectivity index is 1.59. The molecule has 0 atom stereocenters. The molecule has 0 bridgehead atoms. The van der Waals surface area contributed by atoms with Crippen LogP contribution in [0.15, 0.2) is 65.6 Å². The lowest BCUT2D eigenvalue weighted by Crippen LogP contribution is -2.22. The van der Waals surface area contributed by atoms with Gasteiger partial charge in [-0.1, -0.05) is 41.4 Å². The van der Waals surface area contributed by atoms with Gasteiger partial charge in [-0.3, -0.25) is 9.52 Å². The van der Waals surface area contributed by atoms with Crippen molar-refractivity contribution in [3.63, 3.8) is 0 Å². The number of esters is 1. The van der Waals surface area contributed by atoms with Crippen molar-refractivity contribution in [1.29, 1.82) is 0 Å². The number of benzene rings is 2. The van der Waals surface area contributed by atoms with E-state index in [-0.39, 0.29) is 21.3 Å². The van der Waals surface area contributed by atoms with Gasteiger partial charge in [-0.05, 0) is 49.4 Å². The van der Waals surface area contributed by atoms with Crippen molar-refractivity contribution in [2.75, 3.05) is 16.6 Å². The van der Waals surface area contributed by atoms with Crippen molar-refractivity contribution >= 4 is 56.6 Å². The van der Waals surface area contributed by atoms with Crippen LogP contribution in [0.2, 0.25) is 10.0 Å². The number of hydrogen-bond donors (Lipinski definition) is 2. The molecule has 2 N–H and O–H groups in total. The summed E-state index contributed by atoms with van der Waals surface area (Å²) >= 11 is 11.9. The highest BCUT2D eigenvalue weighted by Gasteiger charge is 2.17. The Morgan fingerprint density at radius 2 is 1.66 bits per heavy atom. The Hall–Kier alpha value is -3.14. The van der Waals surface area contributed by atoms with Crippen molar-refractivity contribution in [1.82, 2.24) is 4.98 Å². The Morgan fingerprint density at radius 3 is 2.31 bits per heavy atom. The van der Waals surface area contributed by atoms with Crippen LogP contribution >= 0.6 is 23.2 Å². The van der Waals surface area contributed by atoms with Crippen molar-refractivity contribution < 1.29 is 22.7 Å². The molecule has 0 radical (unpaired) electrons. The van der Waals surface area contributed by atoms with Gasteiger partial charge in [0.2, 0.25) is 0 Å². The molecule has 0 saturated heterocycles. The topological polar surface area (TPSA) is 114 Å². The van der Waals surface area contributed by atoms with Crippen LogP contribution in [0.5, 0.6) is 0 Å². The maximum Gasteiger partial charge on any atom is 0.338 e. The third kappa shape index (κ3) is 5.97. The summed E-state index contributed by atoms with van der Waals surface area (Å²) in [6.07, 6.45) is 0. The summed E-state index contributed by atoms with van der Waals surface area (Å²) in [6, 6.07) is 14.9. The van der Waals surface area contributed by atoms with Crippen LogP contribution in [0.4, 0.5) is 11.5 Å². The van der Waals surface area contributed by atoms with Crippen LogP contribution in [0.3, 0.4) is 0 Å². The summed E-state index contributed by atoms with van der Waals surface area (Å²) in [5, 5.41) is 2.92. The maximum absolute atomic E-state index is 12.4. The molecule has 11 heteroatoms. The molecule has 3 rings (SSSR count). The van der Waals surface area contributed by atoms with Gasteiger partial charge in [-0.25, -0.2) is 18.2 Å². The normalized spacial score (nSPS) is 11.0. The minimum atomic E-state index is -3.82.